The van der Waals surface area contributed by atoms with Gasteiger partial charge in [0, 0.05) is 31.2 Å². The minimum Gasteiger partial charge on any atom is -0.396 e. The van der Waals surface area contributed by atoms with E-state index in [9.17, 15) is 15.0 Å². The van der Waals surface area contributed by atoms with Crippen LogP contribution < -0.4 is 0 Å². The summed E-state index contributed by atoms with van der Waals surface area (Å²) in [6, 6.07) is 7.18. The number of aromatic amines is 1. The topological polar surface area (TPSA) is 102 Å². The molecule has 3 N–H and O–H groups in total. The first kappa shape index (κ1) is 14.7. The van der Waals surface area contributed by atoms with Gasteiger partial charge in [-0.25, -0.2) is 4.98 Å². The Morgan fingerprint density at radius 1 is 1.41 bits per heavy atom. The van der Waals surface area contributed by atoms with Gasteiger partial charge in [0.25, 0.3) is 5.91 Å². The minimum atomic E-state index is -0.694. The van der Waals surface area contributed by atoms with Gasteiger partial charge in [0.2, 0.25) is 0 Å². The van der Waals surface area contributed by atoms with Crippen molar-refractivity contribution in [3.8, 4) is 11.4 Å². The zero-order chi connectivity index (χ0) is 15.5. The molecule has 1 aliphatic rings. The van der Waals surface area contributed by atoms with Gasteiger partial charge in [-0.05, 0) is 12.5 Å². The Hall–Kier alpha value is -2.25. The van der Waals surface area contributed by atoms with Crippen molar-refractivity contribution in [2.75, 3.05) is 19.7 Å². The number of carbonyl (C=O) groups is 1. The molecule has 0 spiro atoms. The van der Waals surface area contributed by atoms with Crippen molar-refractivity contribution < 1.29 is 15.0 Å². The largest absolute Gasteiger partial charge is 0.396 e. The molecule has 1 aromatic carbocycles. The normalized spacial score (nSPS) is 21.8. The Labute approximate surface area is 127 Å². The highest BCUT2D eigenvalue weighted by molar-refractivity contribution is 6.00. The standard InChI is InChI=1S/C15H18N4O3/c20-8-10-5-6-19(7-13(10)21)15(22)12-4-2-1-3-11(12)14-16-9-17-18-14/h1-4,9-10,13,20-21H,5-8H2,(H,16,17,18)/t10-,13+/m1/s1. The molecule has 22 heavy (non-hydrogen) atoms. The summed E-state index contributed by atoms with van der Waals surface area (Å²) in [7, 11) is 0. The molecule has 2 atom stereocenters. The Balaban J connectivity index is 1.85. The third-order valence-corrected chi connectivity index (χ3v) is 4.07. The second-order valence-electron chi connectivity index (χ2n) is 5.43. The van der Waals surface area contributed by atoms with E-state index in [1.54, 1.807) is 17.0 Å². The molecular weight excluding hydrogens is 284 g/mol. The number of aliphatic hydroxyl groups excluding tert-OH is 2. The second-order valence-corrected chi connectivity index (χ2v) is 5.43. The van der Waals surface area contributed by atoms with Crippen LogP contribution in [0.5, 0.6) is 0 Å². The monoisotopic (exact) mass is 302 g/mol. The molecule has 2 aromatic rings. The molecule has 3 rings (SSSR count). The van der Waals surface area contributed by atoms with Crippen LogP contribution in [0, 0.1) is 5.92 Å². The molecule has 0 aliphatic carbocycles. The molecule has 1 saturated heterocycles. The molecule has 116 valence electrons. The van der Waals surface area contributed by atoms with Gasteiger partial charge >= 0.3 is 0 Å². The number of benzene rings is 1. The van der Waals surface area contributed by atoms with Gasteiger partial charge in [-0.3, -0.25) is 9.89 Å². The maximum absolute atomic E-state index is 12.7. The number of H-pyrrole nitrogens is 1. The molecule has 1 fully saturated rings. The van der Waals surface area contributed by atoms with Gasteiger partial charge in [-0.2, -0.15) is 5.10 Å². The molecule has 7 nitrogen and oxygen atoms in total. The van der Waals surface area contributed by atoms with Crippen LogP contribution in [0.2, 0.25) is 0 Å². The van der Waals surface area contributed by atoms with Crippen molar-refractivity contribution >= 4 is 5.91 Å². The zero-order valence-corrected chi connectivity index (χ0v) is 12.0. The summed E-state index contributed by atoms with van der Waals surface area (Å²) in [5.41, 5.74) is 1.21. The number of aromatic nitrogens is 3. The van der Waals surface area contributed by atoms with E-state index in [4.69, 9.17) is 0 Å². The van der Waals surface area contributed by atoms with Crippen LogP contribution in [0.4, 0.5) is 0 Å². The fourth-order valence-electron chi connectivity index (χ4n) is 2.76. The number of nitrogens with zero attached hydrogens (tertiary/aromatic N) is 3. The van der Waals surface area contributed by atoms with Crippen molar-refractivity contribution in [2.24, 2.45) is 5.92 Å². The summed E-state index contributed by atoms with van der Waals surface area (Å²) in [6.07, 6.45) is 1.29. The molecule has 1 aromatic heterocycles. The molecule has 1 aliphatic heterocycles. The number of carbonyl (C=O) groups excluding carboxylic acids is 1. The molecule has 0 bridgehead atoms. The number of piperidine rings is 1. The lowest BCUT2D eigenvalue weighted by Crippen LogP contribution is -2.47. The van der Waals surface area contributed by atoms with Crippen molar-refractivity contribution in [1.29, 1.82) is 0 Å². The molecule has 7 heteroatoms. The maximum Gasteiger partial charge on any atom is 0.254 e. The number of β-amino-alcohol motifs (C(OH)–C–C–N with tert-alkyl or cyclic N) is 1. The number of aliphatic hydroxyl groups is 2. The highest BCUT2D eigenvalue weighted by Gasteiger charge is 2.31. The lowest BCUT2D eigenvalue weighted by molar-refractivity contribution is 0.000903. The third-order valence-electron chi connectivity index (χ3n) is 4.07. The number of likely N-dealkylation sites (tertiary alicyclic amines) is 1. The van der Waals surface area contributed by atoms with E-state index in [0.29, 0.717) is 29.9 Å². The Bertz CT molecular complexity index is 644. The van der Waals surface area contributed by atoms with Crippen molar-refractivity contribution in [2.45, 2.75) is 12.5 Å². The van der Waals surface area contributed by atoms with Crippen LogP contribution in [0.15, 0.2) is 30.6 Å². The van der Waals surface area contributed by atoms with E-state index in [1.165, 1.54) is 6.33 Å². The van der Waals surface area contributed by atoms with E-state index in [0.717, 1.165) is 0 Å². The van der Waals surface area contributed by atoms with Gasteiger partial charge < -0.3 is 15.1 Å². The molecular formula is C15H18N4O3. The summed E-state index contributed by atoms with van der Waals surface area (Å²) < 4.78 is 0. The predicted molar refractivity (Wildman–Crippen MR) is 78.9 cm³/mol. The summed E-state index contributed by atoms with van der Waals surface area (Å²) in [4.78, 5) is 18.5. The van der Waals surface area contributed by atoms with Crippen LogP contribution in [0.3, 0.4) is 0 Å². The summed E-state index contributed by atoms with van der Waals surface area (Å²) >= 11 is 0. The van der Waals surface area contributed by atoms with Crippen molar-refractivity contribution in [3.63, 3.8) is 0 Å². The highest BCUT2D eigenvalue weighted by atomic mass is 16.3. The quantitative estimate of drug-likeness (QED) is 0.756. The second kappa shape index (κ2) is 6.25. The number of amides is 1. The van der Waals surface area contributed by atoms with Crippen LogP contribution in [-0.2, 0) is 0 Å². The molecule has 0 unspecified atom stereocenters. The molecule has 0 saturated carbocycles. The zero-order valence-electron chi connectivity index (χ0n) is 12.0. The highest BCUT2D eigenvalue weighted by Crippen LogP contribution is 2.24. The SMILES string of the molecule is O=C(c1ccccc1-c1ncn[nH]1)N1CC[C@H](CO)[C@@H](O)C1. The Morgan fingerprint density at radius 2 is 2.23 bits per heavy atom. The number of rotatable bonds is 3. The summed E-state index contributed by atoms with van der Waals surface area (Å²) in [6.45, 7) is 0.693. The molecule has 0 radical (unpaired) electrons. The summed E-state index contributed by atoms with van der Waals surface area (Å²) in [5.74, 6) is 0.228. The van der Waals surface area contributed by atoms with Crippen LogP contribution in [0.25, 0.3) is 11.4 Å². The number of nitrogens with one attached hydrogen (secondary N) is 1. The smallest absolute Gasteiger partial charge is 0.254 e. The van der Waals surface area contributed by atoms with Gasteiger partial charge in [0.05, 0.1) is 11.7 Å². The van der Waals surface area contributed by atoms with E-state index < -0.39 is 6.10 Å². The van der Waals surface area contributed by atoms with Crippen LogP contribution in [-0.4, -0.2) is 62.0 Å². The first-order chi connectivity index (χ1) is 10.7. The molecule has 1 amide bonds. The average molecular weight is 302 g/mol. The average Bonchev–Trinajstić information content (AvgIpc) is 3.08. The van der Waals surface area contributed by atoms with Gasteiger partial charge in [-0.1, -0.05) is 18.2 Å². The fourth-order valence-corrected chi connectivity index (χ4v) is 2.76. The number of hydrogen-bond acceptors (Lipinski definition) is 5. The first-order valence-corrected chi connectivity index (χ1v) is 7.23. The van der Waals surface area contributed by atoms with Crippen LogP contribution in [0.1, 0.15) is 16.8 Å². The van der Waals surface area contributed by atoms with E-state index in [1.807, 2.05) is 12.1 Å². The third kappa shape index (κ3) is 2.72. The van der Waals surface area contributed by atoms with E-state index >= 15 is 0 Å². The van der Waals surface area contributed by atoms with Crippen LogP contribution >= 0.6 is 0 Å². The maximum atomic E-state index is 12.7. The Kier molecular flexibility index (Phi) is 4.17. The van der Waals surface area contributed by atoms with Crippen molar-refractivity contribution in [1.82, 2.24) is 20.1 Å². The fraction of sp³-hybridized carbons (Fsp3) is 0.400. The van der Waals surface area contributed by atoms with Gasteiger partial charge in [-0.15, -0.1) is 0 Å². The van der Waals surface area contributed by atoms with E-state index in [-0.39, 0.29) is 25.0 Å². The first-order valence-electron chi connectivity index (χ1n) is 7.23. The number of hydrogen-bond donors (Lipinski definition) is 3. The Morgan fingerprint density at radius 3 is 2.91 bits per heavy atom. The summed E-state index contributed by atoms with van der Waals surface area (Å²) in [5, 5.41) is 25.8. The van der Waals surface area contributed by atoms with Gasteiger partial charge in [0.15, 0.2) is 5.82 Å². The lowest BCUT2D eigenvalue weighted by atomic mass is 9.94. The van der Waals surface area contributed by atoms with E-state index in [2.05, 4.69) is 15.2 Å². The van der Waals surface area contributed by atoms with Crippen molar-refractivity contribution in [3.05, 3.63) is 36.2 Å². The predicted octanol–water partition coefficient (Wildman–Crippen LogP) is 0.287. The lowest BCUT2D eigenvalue weighted by Gasteiger charge is -2.35. The molecule has 2 heterocycles. The van der Waals surface area contributed by atoms with Gasteiger partial charge in [0.1, 0.15) is 6.33 Å². The minimum absolute atomic E-state index is 0.0577.